The third kappa shape index (κ3) is 2.91. The molecule has 1 atom stereocenters. The lowest BCUT2D eigenvalue weighted by atomic mass is 10.0. The van der Waals surface area contributed by atoms with Crippen LogP contribution in [0, 0.1) is 19.7 Å². The Morgan fingerprint density at radius 1 is 1.33 bits per heavy atom. The monoisotopic (exact) mass is 284 g/mol. The third-order valence-corrected chi connectivity index (χ3v) is 4.21. The van der Waals surface area contributed by atoms with Gasteiger partial charge >= 0.3 is 0 Å². The number of hydrogen-bond acceptors (Lipinski definition) is 2. The summed E-state index contributed by atoms with van der Waals surface area (Å²) in [6, 6.07) is 6.18. The molecule has 4 heteroatoms. The van der Waals surface area contributed by atoms with E-state index < -0.39 is 6.10 Å². The number of aliphatic hydroxyl groups excluding tert-OH is 1. The van der Waals surface area contributed by atoms with Gasteiger partial charge in [0.25, 0.3) is 0 Å². The molecule has 0 aliphatic carbocycles. The van der Waals surface area contributed by atoms with Crippen molar-refractivity contribution in [1.29, 1.82) is 0 Å². The van der Waals surface area contributed by atoms with Gasteiger partial charge in [-0.1, -0.05) is 11.6 Å². The zero-order valence-corrected chi connectivity index (χ0v) is 11.8. The first kappa shape index (κ1) is 13.5. The molecule has 0 spiro atoms. The molecule has 2 aromatic rings. The minimum Gasteiger partial charge on any atom is -0.388 e. The fourth-order valence-corrected chi connectivity index (χ4v) is 3.18. The molecule has 0 aliphatic heterocycles. The van der Waals surface area contributed by atoms with Crippen molar-refractivity contribution in [3.63, 3.8) is 0 Å². The van der Waals surface area contributed by atoms with Crippen LogP contribution in [0.2, 0.25) is 5.02 Å². The zero-order chi connectivity index (χ0) is 13.3. The Bertz CT molecular complexity index is 565. The van der Waals surface area contributed by atoms with Crippen molar-refractivity contribution in [2.45, 2.75) is 26.4 Å². The summed E-state index contributed by atoms with van der Waals surface area (Å²) < 4.78 is 13.1. The number of hydrogen-bond donors (Lipinski definition) is 1. The molecular weight excluding hydrogens is 271 g/mol. The number of aliphatic hydroxyl groups is 1. The summed E-state index contributed by atoms with van der Waals surface area (Å²) in [5, 5.41) is 10.7. The molecule has 0 aliphatic rings. The van der Waals surface area contributed by atoms with E-state index in [9.17, 15) is 9.50 Å². The van der Waals surface area contributed by atoms with Gasteiger partial charge in [0.15, 0.2) is 0 Å². The van der Waals surface area contributed by atoms with E-state index in [4.69, 9.17) is 11.6 Å². The molecule has 1 aromatic carbocycles. The van der Waals surface area contributed by atoms with Crippen LogP contribution >= 0.6 is 22.9 Å². The van der Waals surface area contributed by atoms with Crippen LogP contribution in [0.5, 0.6) is 0 Å². The smallest absolute Gasteiger partial charge is 0.123 e. The highest BCUT2D eigenvalue weighted by molar-refractivity contribution is 7.12. The zero-order valence-electron chi connectivity index (χ0n) is 10.2. The van der Waals surface area contributed by atoms with Gasteiger partial charge in [-0.05, 0) is 49.2 Å². The lowest BCUT2D eigenvalue weighted by molar-refractivity contribution is 0.178. The van der Waals surface area contributed by atoms with Crippen LogP contribution in [0.25, 0.3) is 0 Å². The van der Waals surface area contributed by atoms with Gasteiger partial charge < -0.3 is 5.11 Å². The van der Waals surface area contributed by atoms with Gasteiger partial charge in [0.2, 0.25) is 0 Å². The van der Waals surface area contributed by atoms with E-state index in [0.717, 1.165) is 15.3 Å². The van der Waals surface area contributed by atoms with E-state index >= 15 is 0 Å². The summed E-state index contributed by atoms with van der Waals surface area (Å²) in [6.45, 7) is 3.98. The van der Waals surface area contributed by atoms with E-state index in [-0.39, 0.29) is 5.82 Å². The molecule has 1 N–H and O–H groups in total. The molecule has 96 valence electrons. The molecule has 1 unspecified atom stereocenters. The van der Waals surface area contributed by atoms with Crippen molar-refractivity contribution in [3.05, 3.63) is 56.0 Å². The van der Waals surface area contributed by atoms with E-state index in [2.05, 4.69) is 0 Å². The Morgan fingerprint density at radius 2 is 2.06 bits per heavy atom. The molecular formula is C14H14ClFOS. The molecule has 0 radical (unpaired) electrons. The van der Waals surface area contributed by atoms with Crippen molar-refractivity contribution in [2.75, 3.05) is 0 Å². The first-order valence-corrected chi connectivity index (χ1v) is 6.85. The number of rotatable bonds is 3. The molecule has 1 nitrogen and oxygen atoms in total. The molecule has 18 heavy (non-hydrogen) atoms. The Hall–Kier alpha value is -0.900. The highest BCUT2D eigenvalue weighted by Crippen LogP contribution is 2.30. The van der Waals surface area contributed by atoms with Crippen LogP contribution in [-0.4, -0.2) is 5.11 Å². The molecule has 1 heterocycles. The van der Waals surface area contributed by atoms with Crippen molar-refractivity contribution >= 4 is 22.9 Å². The van der Waals surface area contributed by atoms with Gasteiger partial charge in [0, 0.05) is 21.2 Å². The Morgan fingerprint density at radius 3 is 2.67 bits per heavy atom. The predicted molar refractivity (Wildman–Crippen MR) is 73.9 cm³/mol. The average Bonchev–Trinajstić information content (AvgIpc) is 2.63. The van der Waals surface area contributed by atoms with E-state index in [1.54, 1.807) is 11.3 Å². The maximum absolute atomic E-state index is 13.1. The molecule has 2 rings (SSSR count). The largest absolute Gasteiger partial charge is 0.388 e. The van der Waals surface area contributed by atoms with Crippen molar-refractivity contribution in [2.24, 2.45) is 0 Å². The highest BCUT2D eigenvalue weighted by atomic mass is 35.5. The lowest BCUT2D eigenvalue weighted by Gasteiger charge is -2.12. The first-order chi connectivity index (χ1) is 8.47. The minimum atomic E-state index is -0.644. The molecule has 0 fully saturated rings. The fourth-order valence-electron chi connectivity index (χ4n) is 2.00. The second kappa shape index (κ2) is 5.39. The summed E-state index contributed by atoms with van der Waals surface area (Å²) in [5.74, 6) is -0.333. The van der Waals surface area contributed by atoms with Crippen LogP contribution in [-0.2, 0) is 6.42 Å². The van der Waals surface area contributed by atoms with Crippen LogP contribution in [0.1, 0.15) is 27.0 Å². The Kier molecular flexibility index (Phi) is 4.05. The Labute approximate surface area is 115 Å². The fraction of sp³-hybridized carbons (Fsp3) is 0.286. The second-order valence-electron chi connectivity index (χ2n) is 4.32. The van der Waals surface area contributed by atoms with Gasteiger partial charge in [0.05, 0.1) is 6.10 Å². The van der Waals surface area contributed by atoms with Crippen LogP contribution in [0.15, 0.2) is 24.3 Å². The van der Waals surface area contributed by atoms with Gasteiger partial charge in [-0.2, -0.15) is 0 Å². The van der Waals surface area contributed by atoms with Crippen molar-refractivity contribution in [1.82, 2.24) is 0 Å². The van der Waals surface area contributed by atoms with Crippen LogP contribution in [0.4, 0.5) is 4.39 Å². The Balaban J connectivity index is 2.23. The highest BCUT2D eigenvalue weighted by Gasteiger charge is 2.15. The molecule has 0 saturated carbocycles. The lowest BCUT2D eigenvalue weighted by Crippen LogP contribution is -2.02. The summed E-state index contributed by atoms with van der Waals surface area (Å²) in [5.41, 5.74) is 1.53. The predicted octanol–water partition coefficient (Wildman–Crippen LogP) is 4.43. The second-order valence-corrected chi connectivity index (χ2v) is 6.19. The van der Waals surface area contributed by atoms with E-state index in [1.807, 2.05) is 19.9 Å². The van der Waals surface area contributed by atoms with Gasteiger partial charge in [-0.25, -0.2) is 4.39 Å². The molecule has 1 aromatic heterocycles. The number of thiophene rings is 1. The topological polar surface area (TPSA) is 20.2 Å². The number of halogens is 2. The summed E-state index contributed by atoms with van der Waals surface area (Å²) >= 11 is 7.65. The SMILES string of the molecule is Cc1cc(C(O)Cc2cc(F)ccc2Cl)c(C)s1. The van der Waals surface area contributed by atoms with Crippen LogP contribution in [0.3, 0.4) is 0 Å². The summed E-state index contributed by atoms with van der Waals surface area (Å²) in [4.78, 5) is 2.25. The van der Waals surface area contributed by atoms with Gasteiger partial charge in [-0.15, -0.1) is 11.3 Å². The van der Waals surface area contributed by atoms with Crippen molar-refractivity contribution < 1.29 is 9.50 Å². The maximum Gasteiger partial charge on any atom is 0.123 e. The quantitative estimate of drug-likeness (QED) is 0.884. The van der Waals surface area contributed by atoms with E-state index in [0.29, 0.717) is 17.0 Å². The summed E-state index contributed by atoms with van der Waals surface area (Å²) in [7, 11) is 0. The van der Waals surface area contributed by atoms with E-state index in [1.165, 1.54) is 18.2 Å². The third-order valence-electron chi connectivity index (χ3n) is 2.86. The summed E-state index contributed by atoms with van der Waals surface area (Å²) in [6.07, 6.45) is -0.317. The molecule has 0 bridgehead atoms. The van der Waals surface area contributed by atoms with Gasteiger partial charge in [0.1, 0.15) is 5.82 Å². The van der Waals surface area contributed by atoms with Gasteiger partial charge in [-0.3, -0.25) is 0 Å². The number of benzene rings is 1. The standard InChI is InChI=1S/C14H14ClFOS/c1-8-5-12(9(2)18-8)14(17)7-10-6-11(16)3-4-13(10)15/h3-6,14,17H,7H2,1-2H3. The first-order valence-electron chi connectivity index (χ1n) is 5.66. The number of aryl methyl sites for hydroxylation is 2. The maximum atomic E-state index is 13.1. The minimum absolute atomic E-state index is 0.327. The van der Waals surface area contributed by atoms with Crippen LogP contribution < -0.4 is 0 Å². The molecule has 0 amide bonds. The molecule has 0 saturated heterocycles. The average molecular weight is 285 g/mol. The normalized spacial score (nSPS) is 12.7. The van der Waals surface area contributed by atoms with Crippen molar-refractivity contribution in [3.8, 4) is 0 Å².